The van der Waals surface area contributed by atoms with Gasteiger partial charge in [-0.05, 0) is 38.1 Å². The maximum absolute atomic E-state index is 15.0. The van der Waals surface area contributed by atoms with Gasteiger partial charge in [-0.3, -0.25) is 14.5 Å². The standard InChI is InChI=1S/C26H32FN7O2/c1-31-9-11-33(12-10-31)21-8-7-18(13-20(21)27)29-25-28-16-17-14-26(15-22(35)32(2)24(26)36)34(23(17)30-25)19-5-3-4-6-19/h7-8,13,16,19H,3-6,9-12,14-15H2,1-2H3,(H,28,29,30). The lowest BCUT2D eigenvalue weighted by Crippen LogP contribution is -2.56. The van der Waals surface area contributed by atoms with Crippen LogP contribution >= 0.6 is 0 Å². The molecule has 190 valence electrons. The zero-order valence-electron chi connectivity index (χ0n) is 20.8. The van der Waals surface area contributed by atoms with E-state index in [1.807, 2.05) is 6.07 Å². The van der Waals surface area contributed by atoms with E-state index in [1.54, 1.807) is 19.3 Å². The summed E-state index contributed by atoms with van der Waals surface area (Å²) < 4.78 is 15.0. The second kappa shape index (κ2) is 8.69. The number of anilines is 4. The fourth-order valence-corrected chi connectivity index (χ4v) is 6.29. The molecule has 3 aliphatic heterocycles. The van der Waals surface area contributed by atoms with Crippen LogP contribution in [0.3, 0.4) is 0 Å². The van der Waals surface area contributed by atoms with E-state index >= 15 is 4.39 Å². The number of hydrogen-bond acceptors (Lipinski definition) is 8. The molecular formula is C26H32FN7O2. The van der Waals surface area contributed by atoms with Crippen molar-refractivity contribution < 1.29 is 14.0 Å². The summed E-state index contributed by atoms with van der Waals surface area (Å²) >= 11 is 0. The van der Waals surface area contributed by atoms with Crippen molar-refractivity contribution in [1.82, 2.24) is 19.8 Å². The van der Waals surface area contributed by atoms with E-state index in [-0.39, 0.29) is 30.1 Å². The summed E-state index contributed by atoms with van der Waals surface area (Å²) in [7, 11) is 3.64. The fourth-order valence-electron chi connectivity index (χ4n) is 6.29. The summed E-state index contributed by atoms with van der Waals surface area (Å²) in [4.78, 5) is 42.8. The van der Waals surface area contributed by atoms with E-state index in [0.29, 0.717) is 29.6 Å². The number of carbonyl (C=O) groups is 2. The first-order valence-corrected chi connectivity index (χ1v) is 12.8. The zero-order chi connectivity index (χ0) is 25.0. The predicted octanol–water partition coefficient (Wildman–Crippen LogP) is 2.54. The molecule has 4 heterocycles. The van der Waals surface area contributed by atoms with E-state index < -0.39 is 5.54 Å². The van der Waals surface area contributed by atoms with Gasteiger partial charge in [-0.1, -0.05) is 12.8 Å². The summed E-state index contributed by atoms with van der Waals surface area (Å²) in [6.45, 7) is 3.41. The highest BCUT2D eigenvalue weighted by Gasteiger charge is 2.60. The zero-order valence-corrected chi connectivity index (χ0v) is 20.8. The Kier molecular flexibility index (Phi) is 5.59. The van der Waals surface area contributed by atoms with Gasteiger partial charge < -0.3 is 20.0 Å². The average molecular weight is 494 g/mol. The molecule has 0 radical (unpaired) electrons. The Labute approximate surface area is 210 Å². The number of benzene rings is 1. The van der Waals surface area contributed by atoms with Gasteiger partial charge >= 0.3 is 0 Å². The summed E-state index contributed by atoms with van der Waals surface area (Å²) in [5, 5.41) is 3.15. The number of likely N-dealkylation sites (tertiary alicyclic amines) is 1. The number of halogens is 1. The first-order valence-electron chi connectivity index (χ1n) is 12.8. The summed E-state index contributed by atoms with van der Waals surface area (Å²) in [5.74, 6) is 0.470. The molecule has 3 fully saturated rings. The Hall–Kier alpha value is -3.27. The van der Waals surface area contributed by atoms with Crippen LogP contribution in [0, 0.1) is 5.82 Å². The fraction of sp³-hybridized carbons (Fsp3) is 0.538. The minimum atomic E-state index is -0.910. The van der Waals surface area contributed by atoms with Gasteiger partial charge in [0.05, 0.1) is 12.1 Å². The monoisotopic (exact) mass is 493 g/mol. The number of fused-ring (bicyclic) bond motifs is 1. The molecule has 0 bridgehead atoms. The van der Waals surface area contributed by atoms with Crippen LogP contribution in [-0.2, 0) is 16.0 Å². The molecule has 1 aromatic carbocycles. The summed E-state index contributed by atoms with van der Waals surface area (Å²) in [6, 6.07) is 5.29. The SMILES string of the molecule is CN1CCN(c2ccc(Nc3ncc4c(n3)N(C3CCCC3)C3(CC(=O)N(C)C3=O)C4)cc2F)CC1. The largest absolute Gasteiger partial charge is 0.367 e. The molecule has 2 aromatic rings. The van der Waals surface area contributed by atoms with Crippen molar-refractivity contribution in [2.45, 2.75) is 50.1 Å². The van der Waals surface area contributed by atoms with Crippen LogP contribution in [0.4, 0.5) is 27.5 Å². The van der Waals surface area contributed by atoms with Crippen LogP contribution in [0.1, 0.15) is 37.7 Å². The molecule has 10 heteroatoms. The highest BCUT2D eigenvalue weighted by molar-refractivity contribution is 6.11. The van der Waals surface area contributed by atoms with Crippen LogP contribution in [-0.4, -0.2) is 83.4 Å². The molecule has 2 saturated heterocycles. The van der Waals surface area contributed by atoms with Crippen LogP contribution < -0.4 is 15.1 Å². The molecule has 4 aliphatic rings. The number of carbonyl (C=O) groups excluding carboxylic acids is 2. The lowest BCUT2D eigenvalue weighted by Gasteiger charge is -2.38. The summed E-state index contributed by atoms with van der Waals surface area (Å²) in [6.07, 6.45) is 6.47. The van der Waals surface area contributed by atoms with E-state index in [1.165, 1.54) is 11.0 Å². The lowest BCUT2D eigenvalue weighted by molar-refractivity contribution is -0.138. The van der Waals surface area contributed by atoms with Crippen molar-refractivity contribution in [3.8, 4) is 0 Å². The van der Waals surface area contributed by atoms with E-state index in [9.17, 15) is 9.59 Å². The smallest absolute Gasteiger partial charge is 0.255 e. The Morgan fingerprint density at radius 1 is 1.06 bits per heavy atom. The molecule has 36 heavy (non-hydrogen) atoms. The second-order valence-electron chi connectivity index (χ2n) is 10.6. The number of nitrogens with zero attached hydrogens (tertiary/aromatic N) is 6. The second-order valence-corrected chi connectivity index (χ2v) is 10.6. The van der Waals surface area contributed by atoms with Crippen LogP contribution in [0.2, 0.25) is 0 Å². The number of piperazine rings is 1. The molecule has 1 aliphatic carbocycles. The van der Waals surface area contributed by atoms with Gasteiger partial charge in [0.2, 0.25) is 11.9 Å². The van der Waals surface area contributed by atoms with Gasteiger partial charge in [0.1, 0.15) is 17.2 Å². The van der Waals surface area contributed by atoms with E-state index in [2.05, 4.69) is 32.0 Å². The summed E-state index contributed by atoms with van der Waals surface area (Å²) in [5.41, 5.74) is 1.14. The third kappa shape index (κ3) is 3.70. The van der Waals surface area contributed by atoms with Gasteiger partial charge in [0, 0.05) is 63.1 Å². The number of rotatable bonds is 4. The third-order valence-corrected chi connectivity index (χ3v) is 8.27. The molecule has 1 unspecified atom stereocenters. The van der Waals surface area contributed by atoms with Crippen molar-refractivity contribution in [2.24, 2.45) is 0 Å². The lowest BCUT2D eigenvalue weighted by atomic mass is 9.91. The van der Waals surface area contributed by atoms with Gasteiger partial charge in [0.15, 0.2) is 0 Å². The molecule has 6 rings (SSSR count). The number of imide groups is 1. The maximum atomic E-state index is 15.0. The minimum absolute atomic E-state index is 0.155. The third-order valence-electron chi connectivity index (χ3n) is 8.27. The Balaban J connectivity index is 1.28. The molecule has 1 aromatic heterocycles. The number of amides is 2. The maximum Gasteiger partial charge on any atom is 0.255 e. The first-order chi connectivity index (χ1) is 17.4. The van der Waals surface area contributed by atoms with Crippen molar-refractivity contribution in [1.29, 1.82) is 0 Å². The predicted molar refractivity (Wildman–Crippen MR) is 135 cm³/mol. The minimum Gasteiger partial charge on any atom is -0.367 e. The van der Waals surface area contributed by atoms with Crippen LogP contribution in [0.5, 0.6) is 0 Å². The molecule has 2 amide bonds. The van der Waals surface area contributed by atoms with Gasteiger partial charge in [0.25, 0.3) is 5.91 Å². The molecule has 1 atom stereocenters. The topological polar surface area (TPSA) is 84.9 Å². The van der Waals surface area contributed by atoms with Crippen molar-refractivity contribution in [3.05, 3.63) is 35.8 Å². The normalized spacial score (nSPS) is 24.9. The van der Waals surface area contributed by atoms with Crippen molar-refractivity contribution in [3.63, 3.8) is 0 Å². The number of nitrogens with one attached hydrogen (secondary N) is 1. The molecule has 1 saturated carbocycles. The Morgan fingerprint density at radius 2 is 1.81 bits per heavy atom. The molecule has 1 N–H and O–H groups in total. The van der Waals surface area contributed by atoms with Crippen LogP contribution in [0.25, 0.3) is 0 Å². The average Bonchev–Trinajstić information content (AvgIpc) is 3.54. The number of likely N-dealkylation sites (N-methyl/N-ethyl adjacent to an activating group) is 2. The van der Waals surface area contributed by atoms with Crippen LogP contribution in [0.15, 0.2) is 24.4 Å². The number of aromatic nitrogens is 2. The molecule has 9 nitrogen and oxygen atoms in total. The van der Waals surface area contributed by atoms with Gasteiger partial charge in [-0.15, -0.1) is 0 Å². The Morgan fingerprint density at radius 3 is 2.47 bits per heavy atom. The van der Waals surface area contributed by atoms with Gasteiger partial charge in [-0.25, -0.2) is 9.37 Å². The quantitative estimate of drug-likeness (QED) is 0.651. The van der Waals surface area contributed by atoms with E-state index in [4.69, 9.17) is 4.98 Å². The Bertz CT molecular complexity index is 1210. The number of hydrogen-bond donors (Lipinski definition) is 1. The van der Waals surface area contributed by atoms with E-state index in [0.717, 1.165) is 57.4 Å². The van der Waals surface area contributed by atoms with Crippen molar-refractivity contribution in [2.75, 3.05) is 55.4 Å². The van der Waals surface area contributed by atoms with Gasteiger partial charge in [-0.2, -0.15) is 4.98 Å². The molecular weight excluding hydrogens is 461 g/mol. The van der Waals surface area contributed by atoms with Crippen molar-refractivity contribution >= 4 is 35.0 Å². The highest BCUT2D eigenvalue weighted by atomic mass is 19.1. The highest BCUT2D eigenvalue weighted by Crippen LogP contribution is 2.47. The first kappa shape index (κ1) is 23.1. The molecule has 1 spiro atoms.